The van der Waals surface area contributed by atoms with Crippen molar-refractivity contribution in [2.75, 3.05) is 7.11 Å². The van der Waals surface area contributed by atoms with Crippen molar-refractivity contribution >= 4 is 5.97 Å². The van der Waals surface area contributed by atoms with Crippen molar-refractivity contribution in [3.63, 3.8) is 0 Å². The van der Waals surface area contributed by atoms with Crippen LogP contribution in [-0.4, -0.2) is 22.6 Å². The molecule has 0 amide bonds. The van der Waals surface area contributed by atoms with Crippen molar-refractivity contribution in [1.82, 2.24) is 9.55 Å². The first-order chi connectivity index (χ1) is 9.22. The Labute approximate surface area is 112 Å². The van der Waals surface area contributed by atoms with Gasteiger partial charge in [-0.3, -0.25) is 4.79 Å². The number of benzene rings is 1. The Hall–Kier alpha value is -2.14. The molecule has 0 aliphatic heterocycles. The minimum Gasteiger partial charge on any atom is -0.469 e. The molecule has 1 unspecified atom stereocenters. The third-order valence-electron chi connectivity index (χ3n) is 3.01. The predicted octanol–water partition coefficient (Wildman–Crippen LogP) is 1.49. The van der Waals surface area contributed by atoms with E-state index in [1.807, 2.05) is 34.9 Å². The number of rotatable bonds is 5. The van der Waals surface area contributed by atoms with Gasteiger partial charge in [0.25, 0.3) is 0 Å². The second-order valence-corrected chi connectivity index (χ2v) is 4.23. The van der Waals surface area contributed by atoms with Gasteiger partial charge >= 0.3 is 5.97 Å². The maximum atomic E-state index is 11.2. The number of hydrogen-bond acceptors (Lipinski definition) is 4. The molecule has 0 radical (unpaired) electrons. The molecule has 2 aromatic rings. The van der Waals surface area contributed by atoms with Gasteiger partial charge in [-0.05, 0) is 5.56 Å². The SMILES string of the molecule is COC(=O)CCn1cncc1C(N)c1ccccc1. The van der Waals surface area contributed by atoms with Gasteiger partial charge in [-0.25, -0.2) is 4.98 Å². The highest BCUT2D eigenvalue weighted by molar-refractivity contribution is 5.69. The second kappa shape index (κ2) is 6.15. The zero-order valence-electron chi connectivity index (χ0n) is 10.8. The average Bonchev–Trinajstić information content (AvgIpc) is 2.93. The number of ether oxygens (including phenoxy) is 1. The maximum Gasteiger partial charge on any atom is 0.307 e. The first-order valence-corrected chi connectivity index (χ1v) is 6.09. The fraction of sp³-hybridized carbons (Fsp3) is 0.286. The zero-order chi connectivity index (χ0) is 13.7. The summed E-state index contributed by atoms with van der Waals surface area (Å²) < 4.78 is 6.51. The van der Waals surface area contributed by atoms with E-state index in [2.05, 4.69) is 9.72 Å². The van der Waals surface area contributed by atoms with E-state index in [1.165, 1.54) is 7.11 Å². The monoisotopic (exact) mass is 259 g/mol. The highest BCUT2D eigenvalue weighted by Crippen LogP contribution is 2.19. The summed E-state index contributed by atoms with van der Waals surface area (Å²) in [6.45, 7) is 0.516. The van der Waals surface area contributed by atoms with Crippen LogP contribution in [0.2, 0.25) is 0 Å². The normalized spacial score (nSPS) is 12.1. The van der Waals surface area contributed by atoms with Crippen LogP contribution in [0.25, 0.3) is 0 Å². The zero-order valence-corrected chi connectivity index (χ0v) is 10.8. The molecule has 1 atom stereocenters. The van der Waals surface area contributed by atoms with Crippen molar-refractivity contribution in [3.8, 4) is 0 Å². The van der Waals surface area contributed by atoms with E-state index in [9.17, 15) is 4.79 Å². The molecule has 1 aromatic heterocycles. The van der Waals surface area contributed by atoms with Crippen molar-refractivity contribution in [3.05, 3.63) is 54.1 Å². The van der Waals surface area contributed by atoms with Crippen LogP contribution >= 0.6 is 0 Å². The Kier molecular flexibility index (Phi) is 4.30. The molecule has 2 N–H and O–H groups in total. The highest BCUT2D eigenvalue weighted by Gasteiger charge is 2.14. The first kappa shape index (κ1) is 13.3. The molecule has 100 valence electrons. The second-order valence-electron chi connectivity index (χ2n) is 4.23. The Morgan fingerprint density at radius 2 is 2.16 bits per heavy atom. The lowest BCUT2D eigenvalue weighted by molar-refractivity contribution is -0.140. The van der Waals surface area contributed by atoms with Crippen LogP contribution in [0.15, 0.2) is 42.9 Å². The molecule has 0 fully saturated rings. The summed E-state index contributed by atoms with van der Waals surface area (Å²) in [5, 5.41) is 0. The first-order valence-electron chi connectivity index (χ1n) is 6.09. The quantitative estimate of drug-likeness (QED) is 0.826. The predicted molar refractivity (Wildman–Crippen MR) is 71.3 cm³/mol. The van der Waals surface area contributed by atoms with Gasteiger partial charge in [0.05, 0.1) is 37.8 Å². The fourth-order valence-corrected chi connectivity index (χ4v) is 1.92. The van der Waals surface area contributed by atoms with Gasteiger partial charge in [-0.1, -0.05) is 30.3 Å². The molecule has 0 saturated carbocycles. The molecule has 1 heterocycles. The number of methoxy groups -OCH3 is 1. The molecule has 0 spiro atoms. The maximum absolute atomic E-state index is 11.2. The van der Waals surface area contributed by atoms with Crippen molar-refractivity contribution in [1.29, 1.82) is 0 Å². The Morgan fingerprint density at radius 1 is 1.42 bits per heavy atom. The Bertz CT molecular complexity index is 537. The number of carbonyl (C=O) groups excluding carboxylic acids is 1. The number of aryl methyl sites for hydroxylation is 1. The molecule has 2 rings (SSSR count). The van der Waals surface area contributed by atoms with Gasteiger partial charge in [0.15, 0.2) is 0 Å². The minimum atomic E-state index is -0.249. The topological polar surface area (TPSA) is 70.1 Å². The van der Waals surface area contributed by atoms with E-state index in [0.717, 1.165) is 11.3 Å². The molecular weight excluding hydrogens is 242 g/mol. The molecule has 5 nitrogen and oxygen atoms in total. The third-order valence-corrected chi connectivity index (χ3v) is 3.01. The Morgan fingerprint density at radius 3 is 2.84 bits per heavy atom. The minimum absolute atomic E-state index is 0.243. The van der Waals surface area contributed by atoms with Crippen LogP contribution in [0.1, 0.15) is 23.7 Å². The number of aromatic nitrogens is 2. The van der Waals surface area contributed by atoms with Crippen LogP contribution in [0, 0.1) is 0 Å². The van der Waals surface area contributed by atoms with Crippen LogP contribution in [-0.2, 0) is 16.1 Å². The van der Waals surface area contributed by atoms with Gasteiger partial charge in [-0.15, -0.1) is 0 Å². The lowest BCUT2D eigenvalue weighted by Crippen LogP contribution is -2.17. The molecule has 0 aliphatic carbocycles. The molecule has 5 heteroatoms. The van der Waals surface area contributed by atoms with Crippen LogP contribution in [0.3, 0.4) is 0 Å². The molecule has 0 saturated heterocycles. The van der Waals surface area contributed by atoms with Crippen LogP contribution in [0.5, 0.6) is 0 Å². The van der Waals surface area contributed by atoms with E-state index in [-0.39, 0.29) is 12.0 Å². The van der Waals surface area contributed by atoms with Crippen molar-refractivity contribution < 1.29 is 9.53 Å². The largest absolute Gasteiger partial charge is 0.469 e. The van der Waals surface area contributed by atoms with E-state index >= 15 is 0 Å². The number of esters is 1. The molecule has 0 bridgehead atoms. The Balaban J connectivity index is 2.13. The number of nitrogens with two attached hydrogens (primary N) is 1. The summed E-state index contributed by atoms with van der Waals surface area (Å²) in [6, 6.07) is 9.55. The van der Waals surface area contributed by atoms with Gasteiger partial charge in [-0.2, -0.15) is 0 Å². The summed E-state index contributed by atoms with van der Waals surface area (Å²) in [5.41, 5.74) is 8.12. The van der Waals surface area contributed by atoms with Crippen molar-refractivity contribution in [2.24, 2.45) is 5.73 Å². The van der Waals surface area contributed by atoms with Crippen molar-refractivity contribution in [2.45, 2.75) is 19.0 Å². The van der Waals surface area contributed by atoms with E-state index in [0.29, 0.717) is 13.0 Å². The number of imidazole rings is 1. The van der Waals surface area contributed by atoms with Crippen LogP contribution in [0.4, 0.5) is 0 Å². The summed E-state index contributed by atoms with van der Waals surface area (Å²) in [6.07, 6.45) is 3.72. The number of hydrogen-bond donors (Lipinski definition) is 1. The van der Waals surface area contributed by atoms with Gasteiger partial charge in [0.1, 0.15) is 0 Å². The van der Waals surface area contributed by atoms with E-state index in [4.69, 9.17) is 5.73 Å². The summed E-state index contributed by atoms with van der Waals surface area (Å²) in [7, 11) is 1.38. The fourth-order valence-electron chi connectivity index (χ4n) is 1.92. The number of nitrogens with zero attached hydrogens (tertiary/aromatic N) is 2. The standard InChI is InChI=1S/C14H17N3O2/c1-19-13(18)7-8-17-10-16-9-12(17)14(15)11-5-3-2-4-6-11/h2-6,9-10,14H,7-8,15H2,1H3. The summed E-state index contributed by atoms with van der Waals surface area (Å²) >= 11 is 0. The van der Waals surface area contributed by atoms with Gasteiger partial charge in [0, 0.05) is 6.54 Å². The lowest BCUT2D eigenvalue weighted by Gasteiger charge is -2.14. The lowest BCUT2D eigenvalue weighted by atomic mass is 10.1. The smallest absolute Gasteiger partial charge is 0.307 e. The molecule has 0 aliphatic rings. The van der Waals surface area contributed by atoms with E-state index < -0.39 is 0 Å². The number of carbonyl (C=O) groups is 1. The highest BCUT2D eigenvalue weighted by atomic mass is 16.5. The van der Waals surface area contributed by atoms with Gasteiger partial charge in [0.2, 0.25) is 0 Å². The third kappa shape index (κ3) is 3.20. The van der Waals surface area contributed by atoms with Crippen LogP contribution < -0.4 is 5.73 Å². The average molecular weight is 259 g/mol. The van der Waals surface area contributed by atoms with Gasteiger partial charge < -0.3 is 15.0 Å². The summed E-state index contributed by atoms with van der Waals surface area (Å²) in [4.78, 5) is 15.3. The van der Waals surface area contributed by atoms with E-state index in [1.54, 1.807) is 12.5 Å². The summed E-state index contributed by atoms with van der Waals surface area (Å²) in [5.74, 6) is -0.243. The molecule has 19 heavy (non-hydrogen) atoms. The molecular formula is C14H17N3O2. The molecule has 1 aromatic carbocycles.